The summed E-state index contributed by atoms with van der Waals surface area (Å²) in [6.07, 6.45) is 1.82. The maximum absolute atomic E-state index is 11.9. The minimum atomic E-state index is -0.0372. The number of benzene rings is 1. The highest BCUT2D eigenvalue weighted by atomic mass is 32.2. The van der Waals surface area contributed by atoms with Crippen molar-refractivity contribution in [1.29, 1.82) is 0 Å². The molecule has 4 heteroatoms. The Bertz CT molecular complexity index is 479. The van der Waals surface area contributed by atoms with E-state index in [0.29, 0.717) is 5.70 Å². The molecule has 0 saturated carbocycles. The van der Waals surface area contributed by atoms with Crippen LogP contribution in [0.5, 0.6) is 0 Å². The molecule has 1 heterocycles. The summed E-state index contributed by atoms with van der Waals surface area (Å²) < 4.78 is 0. The number of carbonyl (C=O) groups excluding carboxylic acids is 1. The van der Waals surface area contributed by atoms with Crippen molar-refractivity contribution in [2.45, 2.75) is 6.92 Å². The molecule has 1 aliphatic rings. The SMILES string of the molecule is CCSC1=N/C(=C\c2ccccc2)C(=O)N1C. The van der Waals surface area contributed by atoms with E-state index >= 15 is 0 Å². The van der Waals surface area contributed by atoms with E-state index in [0.717, 1.165) is 16.5 Å². The van der Waals surface area contributed by atoms with Crippen LogP contribution in [-0.4, -0.2) is 28.8 Å². The van der Waals surface area contributed by atoms with Crippen LogP contribution in [0.2, 0.25) is 0 Å². The Morgan fingerprint density at radius 1 is 1.35 bits per heavy atom. The zero-order valence-electron chi connectivity index (χ0n) is 9.88. The Morgan fingerprint density at radius 3 is 2.71 bits per heavy atom. The fourth-order valence-corrected chi connectivity index (χ4v) is 2.24. The van der Waals surface area contributed by atoms with E-state index < -0.39 is 0 Å². The Hall–Kier alpha value is -1.55. The zero-order valence-corrected chi connectivity index (χ0v) is 10.7. The van der Waals surface area contributed by atoms with Crippen molar-refractivity contribution in [1.82, 2.24) is 4.90 Å². The third kappa shape index (κ3) is 2.58. The van der Waals surface area contributed by atoms with Crippen molar-refractivity contribution in [3.8, 4) is 0 Å². The first-order chi connectivity index (χ1) is 8.22. The van der Waals surface area contributed by atoms with E-state index in [9.17, 15) is 4.79 Å². The summed E-state index contributed by atoms with van der Waals surface area (Å²) in [7, 11) is 1.76. The first-order valence-electron chi connectivity index (χ1n) is 5.48. The average Bonchev–Trinajstić information content (AvgIpc) is 2.60. The summed E-state index contributed by atoms with van der Waals surface area (Å²) in [4.78, 5) is 17.9. The van der Waals surface area contributed by atoms with Gasteiger partial charge in [-0.25, -0.2) is 4.99 Å². The largest absolute Gasteiger partial charge is 0.289 e. The van der Waals surface area contributed by atoms with E-state index in [-0.39, 0.29) is 5.91 Å². The van der Waals surface area contributed by atoms with Crippen molar-refractivity contribution >= 4 is 28.9 Å². The number of hydrogen-bond donors (Lipinski definition) is 0. The maximum Gasteiger partial charge on any atom is 0.278 e. The molecule has 17 heavy (non-hydrogen) atoms. The molecular weight excluding hydrogens is 232 g/mol. The van der Waals surface area contributed by atoms with Crippen LogP contribution in [0.1, 0.15) is 12.5 Å². The van der Waals surface area contributed by atoms with Crippen LogP contribution in [0, 0.1) is 0 Å². The van der Waals surface area contributed by atoms with Crippen molar-refractivity contribution in [2.24, 2.45) is 4.99 Å². The molecule has 3 nitrogen and oxygen atoms in total. The molecule has 1 aliphatic heterocycles. The van der Waals surface area contributed by atoms with Gasteiger partial charge in [-0.1, -0.05) is 49.0 Å². The second-order valence-corrected chi connectivity index (χ2v) is 4.86. The summed E-state index contributed by atoms with van der Waals surface area (Å²) in [5.74, 6) is 0.875. The van der Waals surface area contributed by atoms with Gasteiger partial charge in [-0.2, -0.15) is 0 Å². The molecular formula is C13H14N2OS. The number of hydrogen-bond acceptors (Lipinski definition) is 3. The van der Waals surface area contributed by atoms with Crippen LogP contribution < -0.4 is 0 Å². The van der Waals surface area contributed by atoms with Gasteiger partial charge in [0, 0.05) is 7.05 Å². The van der Waals surface area contributed by atoms with Gasteiger partial charge in [-0.05, 0) is 17.4 Å². The quantitative estimate of drug-likeness (QED) is 0.751. The molecule has 1 amide bonds. The number of amides is 1. The Kier molecular flexibility index (Phi) is 3.64. The number of rotatable bonds is 2. The molecule has 0 aromatic heterocycles. The molecule has 1 aromatic rings. The highest BCUT2D eigenvalue weighted by molar-refractivity contribution is 8.13. The summed E-state index contributed by atoms with van der Waals surface area (Å²) in [6, 6.07) is 9.76. The fraction of sp³-hybridized carbons (Fsp3) is 0.231. The lowest BCUT2D eigenvalue weighted by Crippen LogP contribution is -2.25. The van der Waals surface area contributed by atoms with Crippen molar-refractivity contribution in [2.75, 3.05) is 12.8 Å². The van der Waals surface area contributed by atoms with Crippen LogP contribution in [0.3, 0.4) is 0 Å². The van der Waals surface area contributed by atoms with Gasteiger partial charge in [0.1, 0.15) is 5.70 Å². The summed E-state index contributed by atoms with van der Waals surface area (Å²) in [5, 5.41) is 0.777. The Morgan fingerprint density at radius 2 is 2.06 bits per heavy atom. The van der Waals surface area contributed by atoms with Gasteiger partial charge in [0.05, 0.1) is 0 Å². The predicted octanol–water partition coefficient (Wildman–Crippen LogP) is 2.61. The van der Waals surface area contributed by atoms with Crippen LogP contribution in [0.4, 0.5) is 0 Å². The third-order valence-electron chi connectivity index (χ3n) is 2.40. The van der Waals surface area contributed by atoms with E-state index in [1.807, 2.05) is 43.3 Å². The van der Waals surface area contributed by atoms with Gasteiger partial charge >= 0.3 is 0 Å². The first-order valence-corrected chi connectivity index (χ1v) is 6.47. The molecule has 0 N–H and O–H groups in total. The molecule has 0 fully saturated rings. The second-order valence-electron chi connectivity index (χ2n) is 3.63. The minimum Gasteiger partial charge on any atom is -0.289 e. The molecule has 88 valence electrons. The van der Waals surface area contributed by atoms with E-state index in [4.69, 9.17) is 0 Å². The molecule has 2 rings (SSSR count). The number of nitrogens with zero attached hydrogens (tertiary/aromatic N) is 2. The number of amidine groups is 1. The summed E-state index contributed by atoms with van der Waals surface area (Å²) in [6.45, 7) is 2.05. The second kappa shape index (κ2) is 5.19. The zero-order chi connectivity index (χ0) is 12.3. The topological polar surface area (TPSA) is 32.7 Å². The average molecular weight is 246 g/mol. The fourth-order valence-electron chi connectivity index (χ4n) is 1.54. The van der Waals surface area contributed by atoms with Crippen molar-refractivity contribution in [3.63, 3.8) is 0 Å². The number of thioether (sulfide) groups is 1. The van der Waals surface area contributed by atoms with E-state index in [1.54, 1.807) is 23.7 Å². The number of aliphatic imine (C=N–C) groups is 1. The summed E-state index contributed by atoms with van der Waals surface area (Å²) >= 11 is 1.58. The van der Waals surface area contributed by atoms with Gasteiger partial charge in [0.2, 0.25) is 0 Å². The third-order valence-corrected chi connectivity index (χ3v) is 3.32. The summed E-state index contributed by atoms with van der Waals surface area (Å²) in [5.41, 5.74) is 1.50. The van der Waals surface area contributed by atoms with Crippen LogP contribution in [0.25, 0.3) is 6.08 Å². The van der Waals surface area contributed by atoms with E-state index in [1.165, 1.54) is 0 Å². The van der Waals surface area contributed by atoms with Gasteiger partial charge in [0.15, 0.2) is 5.17 Å². The minimum absolute atomic E-state index is 0.0372. The number of likely N-dealkylation sites (N-methyl/N-ethyl adjacent to an activating group) is 1. The molecule has 0 radical (unpaired) electrons. The van der Waals surface area contributed by atoms with Crippen LogP contribution in [-0.2, 0) is 4.79 Å². The van der Waals surface area contributed by atoms with Gasteiger partial charge < -0.3 is 0 Å². The van der Waals surface area contributed by atoms with Gasteiger partial charge in [-0.3, -0.25) is 9.69 Å². The smallest absolute Gasteiger partial charge is 0.278 e. The standard InChI is InChI=1S/C13H14N2OS/c1-3-17-13-14-11(12(16)15(13)2)9-10-7-5-4-6-8-10/h4-9H,3H2,1-2H3/b11-9-. The maximum atomic E-state index is 11.9. The highest BCUT2D eigenvalue weighted by Gasteiger charge is 2.26. The van der Waals surface area contributed by atoms with Crippen molar-refractivity contribution < 1.29 is 4.79 Å². The monoisotopic (exact) mass is 246 g/mol. The van der Waals surface area contributed by atoms with Gasteiger partial charge in [-0.15, -0.1) is 0 Å². The Balaban J connectivity index is 2.28. The molecule has 0 saturated heterocycles. The lowest BCUT2D eigenvalue weighted by atomic mass is 10.2. The van der Waals surface area contributed by atoms with Crippen molar-refractivity contribution in [3.05, 3.63) is 41.6 Å². The lowest BCUT2D eigenvalue weighted by molar-refractivity contribution is -0.121. The van der Waals surface area contributed by atoms with E-state index in [2.05, 4.69) is 4.99 Å². The van der Waals surface area contributed by atoms with Gasteiger partial charge in [0.25, 0.3) is 5.91 Å². The molecule has 0 aliphatic carbocycles. The molecule has 0 atom stereocenters. The molecule has 0 unspecified atom stereocenters. The normalized spacial score (nSPS) is 17.8. The predicted molar refractivity (Wildman–Crippen MR) is 72.8 cm³/mol. The Labute approximate surface area is 105 Å². The van der Waals surface area contributed by atoms with Crippen LogP contribution in [0.15, 0.2) is 41.0 Å². The molecule has 0 spiro atoms. The number of carbonyl (C=O) groups is 1. The molecule has 0 bridgehead atoms. The lowest BCUT2D eigenvalue weighted by Gasteiger charge is -2.08. The van der Waals surface area contributed by atoms with Crippen LogP contribution >= 0.6 is 11.8 Å². The molecule has 1 aromatic carbocycles. The first kappa shape index (κ1) is 11.9. The highest BCUT2D eigenvalue weighted by Crippen LogP contribution is 2.22.